The molecule has 0 bridgehead atoms. The zero-order chi connectivity index (χ0) is 12.3. The Morgan fingerprint density at radius 1 is 1.41 bits per heavy atom. The van der Waals surface area contributed by atoms with E-state index in [9.17, 15) is 0 Å². The number of benzene rings is 1. The van der Waals surface area contributed by atoms with Gasteiger partial charge in [-0.2, -0.15) is 0 Å². The van der Waals surface area contributed by atoms with Crippen LogP contribution in [0.4, 0.5) is 0 Å². The maximum absolute atomic E-state index is 6.01. The van der Waals surface area contributed by atoms with E-state index in [0.29, 0.717) is 17.4 Å². The number of imidazole rings is 1. The molecule has 0 fully saturated rings. The second-order valence-electron chi connectivity index (χ2n) is 3.46. The number of halogens is 2. The third-order valence-corrected chi connectivity index (χ3v) is 3.34. The molecule has 0 saturated heterocycles. The van der Waals surface area contributed by atoms with E-state index in [2.05, 4.69) is 27.8 Å². The lowest BCUT2D eigenvalue weighted by atomic mass is 10.3. The molecule has 2 rings (SSSR count). The quantitative estimate of drug-likeness (QED) is 0.855. The third-order valence-electron chi connectivity index (χ3n) is 2.40. The summed E-state index contributed by atoms with van der Waals surface area (Å²) in [4.78, 5) is 4.28. The smallest absolute Gasteiger partial charge is 0.147 e. The molecular formula is C12H12BrClN2O. The molecule has 0 N–H and O–H groups in total. The maximum Gasteiger partial charge on any atom is 0.147 e. The molecule has 5 heteroatoms. The van der Waals surface area contributed by atoms with Gasteiger partial charge < -0.3 is 9.30 Å². The fraction of sp³-hybridized carbons (Fsp3) is 0.250. The van der Waals surface area contributed by atoms with Crippen LogP contribution in [0.5, 0.6) is 5.75 Å². The Hall–Kier alpha value is -1.00. The minimum Gasteiger partial charge on any atom is -0.484 e. The molecule has 0 unspecified atom stereocenters. The average Bonchev–Trinajstić information content (AvgIpc) is 2.69. The van der Waals surface area contributed by atoms with Gasteiger partial charge in [0, 0.05) is 6.54 Å². The molecule has 0 aliphatic rings. The summed E-state index contributed by atoms with van der Waals surface area (Å²) in [7, 11) is 0. The standard InChI is InChI=1S/C12H12BrClN2O/c1-2-16-11(13)7-15-12(16)8-17-10-6-4-3-5-9(10)14/h3-7H,2,8H2,1H3. The number of nitrogens with zero attached hydrogens (tertiary/aromatic N) is 2. The highest BCUT2D eigenvalue weighted by molar-refractivity contribution is 9.10. The SMILES string of the molecule is CCn1c(Br)cnc1COc1ccccc1Cl. The van der Waals surface area contributed by atoms with Crippen LogP contribution in [0, 0.1) is 0 Å². The van der Waals surface area contributed by atoms with Crippen molar-refractivity contribution in [2.45, 2.75) is 20.1 Å². The molecule has 17 heavy (non-hydrogen) atoms. The van der Waals surface area contributed by atoms with Gasteiger partial charge in [-0.3, -0.25) is 0 Å². The average molecular weight is 316 g/mol. The van der Waals surface area contributed by atoms with Crippen molar-refractivity contribution in [3.8, 4) is 5.75 Å². The molecule has 0 amide bonds. The highest BCUT2D eigenvalue weighted by atomic mass is 79.9. The lowest BCUT2D eigenvalue weighted by Crippen LogP contribution is -2.06. The molecule has 3 nitrogen and oxygen atoms in total. The van der Waals surface area contributed by atoms with E-state index in [1.807, 2.05) is 22.8 Å². The van der Waals surface area contributed by atoms with Crippen LogP contribution in [0.15, 0.2) is 35.1 Å². The van der Waals surface area contributed by atoms with Crippen molar-refractivity contribution in [2.75, 3.05) is 0 Å². The van der Waals surface area contributed by atoms with Crippen LogP contribution in [0.1, 0.15) is 12.7 Å². The molecule has 1 aromatic carbocycles. The van der Waals surface area contributed by atoms with E-state index >= 15 is 0 Å². The van der Waals surface area contributed by atoms with Crippen molar-refractivity contribution in [3.63, 3.8) is 0 Å². The Balaban J connectivity index is 2.10. The van der Waals surface area contributed by atoms with Gasteiger partial charge in [0.2, 0.25) is 0 Å². The van der Waals surface area contributed by atoms with E-state index in [1.54, 1.807) is 12.3 Å². The van der Waals surface area contributed by atoms with Crippen LogP contribution in [0.25, 0.3) is 0 Å². The second kappa shape index (κ2) is 5.56. The summed E-state index contributed by atoms with van der Waals surface area (Å²) in [5.74, 6) is 1.55. The summed E-state index contributed by atoms with van der Waals surface area (Å²) in [5.41, 5.74) is 0. The first-order chi connectivity index (χ1) is 8.22. The van der Waals surface area contributed by atoms with Crippen molar-refractivity contribution < 1.29 is 4.74 Å². The monoisotopic (exact) mass is 314 g/mol. The van der Waals surface area contributed by atoms with Gasteiger partial charge in [0.25, 0.3) is 0 Å². The molecule has 90 valence electrons. The highest BCUT2D eigenvalue weighted by Gasteiger charge is 2.08. The van der Waals surface area contributed by atoms with E-state index in [1.165, 1.54) is 0 Å². The first-order valence-corrected chi connectivity index (χ1v) is 6.46. The Kier molecular flexibility index (Phi) is 4.07. The number of hydrogen-bond acceptors (Lipinski definition) is 2. The van der Waals surface area contributed by atoms with Crippen LogP contribution < -0.4 is 4.74 Å². The summed E-state index contributed by atoms with van der Waals surface area (Å²) >= 11 is 9.44. The normalized spacial score (nSPS) is 10.5. The van der Waals surface area contributed by atoms with Gasteiger partial charge in [0.15, 0.2) is 0 Å². The molecule has 0 radical (unpaired) electrons. The Morgan fingerprint density at radius 3 is 2.88 bits per heavy atom. The maximum atomic E-state index is 6.01. The molecule has 2 aromatic rings. The summed E-state index contributed by atoms with van der Waals surface area (Å²) in [6.45, 7) is 3.32. The van der Waals surface area contributed by atoms with Crippen LogP contribution >= 0.6 is 27.5 Å². The van der Waals surface area contributed by atoms with Crippen molar-refractivity contribution >= 4 is 27.5 Å². The van der Waals surface area contributed by atoms with E-state index in [-0.39, 0.29) is 0 Å². The van der Waals surface area contributed by atoms with Crippen LogP contribution in [0.2, 0.25) is 5.02 Å². The number of aromatic nitrogens is 2. The summed E-state index contributed by atoms with van der Waals surface area (Å²) < 4.78 is 8.64. The number of para-hydroxylation sites is 1. The Morgan fingerprint density at radius 2 is 2.18 bits per heavy atom. The predicted octanol–water partition coefficient (Wildman–Crippen LogP) is 3.90. The van der Waals surface area contributed by atoms with Gasteiger partial charge in [-0.15, -0.1) is 0 Å². The van der Waals surface area contributed by atoms with E-state index in [4.69, 9.17) is 16.3 Å². The van der Waals surface area contributed by atoms with Gasteiger partial charge in [0.05, 0.1) is 11.2 Å². The van der Waals surface area contributed by atoms with Crippen molar-refractivity contribution in [1.29, 1.82) is 0 Å². The Labute approximate surface area is 114 Å². The molecular weight excluding hydrogens is 304 g/mol. The third kappa shape index (κ3) is 2.82. The molecule has 0 spiro atoms. The zero-order valence-corrected chi connectivity index (χ0v) is 11.7. The lowest BCUT2D eigenvalue weighted by Gasteiger charge is -2.09. The predicted molar refractivity (Wildman–Crippen MR) is 71.4 cm³/mol. The lowest BCUT2D eigenvalue weighted by molar-refractivity contribution is 0.290. The minimum absolute atomic E-state index is 0.406. The largest absolute Gasteiger partial charge is 0.484 e. The second-order valence-corrected chi connectivity index (χ2v) is 4.68. The van der Waals surface area contributed by atoms with Gasteiger partial charge in [-0.25, -0.2) is 4.98 Å². The van der Waals surface area contributed by atoms with Gasteiger partial charge in [-0.1, -0.05) is 23.7 Å². The molecule has 0 aliphatic carbocycles. The van der Waals surface area contributed by atoms with Gasteiger partial charge in [0.1, 0.15) is 22.8 Å². The van der Waals surface area contributed by atoms with E-state index < -0.39 is 0 Å². The number of ether oxygens (including phenoxy) is 1. The molecule has 0 aliphatic heterocycles. The summed E-state index contributed by atoms with van der Waals surface area (Å²) in [5, 5.41) is 0.612. The topological polar surface area (TPSA) is 27.1 Å². The van der Waals surface area contributed by atoms with Crippen molar-refractivity contribution in [1.82, 2.24) is 9.55 Å². The summed E-state index contributed by atoms with van der Waals surface area (Å²) in [6, 6.07) is 7.41. The summed E-state index contributed by atoms with van der Waals surface area (Å²) in [6.07, 6.45) is 1.77. The van der Waals surface area contributed by atoms with Crippen LogP contribution in [-0.4, -0.2) is 9.55 Å². The van der Waals surface area contributed by atoms with Gasteiger partial charge in [-0.05, 0) is 35.0 Å². The fourth-order valence-electron chi connectivity index (χ4n) is 1.54. The van der Waals surface area contributed by atoms with Gasteiger partial charge >= 0.3 is 0 Å². The fourth-order valence-corrected chi connectivity index (χ4v) is 2.29. The molecule has 1 aromatic heterocycles. The molecule has 0 saturated carbocycles. The van der Waals surface area contributed by atoms with Crippen LogP contribution in [-0.2, 0) is 13.2 Å². The zero-order valence-electron chi connectivity index (χ0n) is 9.36. The number of rotatable bonds is 4. The number of hydrogen-bond donors (Lipinski definition) is 0. The van der Waals surface area contributed by atoms with Crippen molar-refractivity contribution in [2.24, 2.45) is 0 Å². The van der Waals surface area contributed by atoms with E-state index in [0.717, 1.165) is 17.0 Å². The first-order valence-electron chi connectivity index (χ1n) is 5.29. The molecule has 1 heterocycles. The van der Waals surface area contributed by atoms with Crippen molar-refractivity contribution in [3.05, 3.63) is 45.9 Å². The Bertz CT molecular complexity index is 513. The van der Waals surface area contributed by atoms with Crippen LogP contribution in [0.3, 0.4) is 0 Å². The highest BCUT2D eigenvalue weighted by Crippen LogP contribution is 2.24. The molecule has 0 atom stereocenters. The first kappa shape index (κ1) is 12.5. The minimum atomic E-state index is 0.406.